The van der Waals surface area contributed by atoms with Crippen molar-refractivity contribution in [2.75, 3.05) is 26.3 Å². The van der Waals surface area contributed by atoms with Gasteiger partial charge in [-0.15, -0.1) is 0 Å². The number of allylic oxidation sites excluding steroid dienone is 6. The summed E-state index contributed by atoms with van der Waals surface area (Å²) in [7, 11) is 0. The van der Waals surface area contributed by atoms with Gasteiger partial charge in [0.2, 0.25) is 11.8 Å². The zero-order valence-electron chi connectivity index (χ0n) is 17.2. The minimum atomic E-state index is -0.508. The van der Waals surface area contributed by atoms with Crippen LogP contribution in [0.4, 0.5) is 9.59 Å². The molecule has 2 bridgehead atoms. The van der Waals surface area contributed by atoms with Crippen LogP contribution in [0.2, 0.25) is 0 Å². The molecule has 2 aliphatic heterocycles. The van der Waals surface area contributed by atoms with Gasteiger partial charge in [-0.3, -0.25) is 9.59 Å². The van der Waals surface area contributed by atoms with Crippen molar-refractivity contribution in [1.82, 2.24) is 9.80 Å². The average Bonchev–Trinajstić information content (AvgIpc) is 3.57. The van der Waals surface area contributed by atoms with Crippen LogP contribution < -0.4 is 0 Å². The van der Waals surface area contributed by atoms with Crippen molar-refractivity contribution in [2.45, 2.75) is 32.6 Å². The molecule has 3 aliphatic carbocycles. The lowest BCUT2D eigenvalue weighted by Crippen LogP contribution is -2.38. The third-order valence-corrected chi connectivity index (χ3v) is 5.64. The SMILES string of the molecule is C1=CCC=C1.CCC(=O)N1CCOC1=O.O=C1OCCN1C(=O)C1CC2C=CC1C2. The molecule has 0 aromatic carbocycles. The molecule has 162 valence electrons. The second-order valence-corrected chi connectivity index (χ2v) is 7.60. The van der Waals surface area contributed by atoms with E-state index in [1.54, 1.807) is 6.92 Å². The zero-order valence-corrected chi connectivity index (χ0v) is 17.2. The molecule has 3 fully saturated rings. The largest absolute Gasteiger partial charge is 0.447 e. The molecule has 2 heterocycles. The van der Waals surface area contributed by atoms with Gasteiger partial charge in [-0.05, 0) is 31.1 Å². The van der Waals surface area contributed by atoms with E-state index in [1.807, 2.05) is 0 Å². The highest BCUT2D eigenvalue weighted by atomic mass is 16.6. The Morgan fingerprint density at radius 2 is 1.60 bits per heavy atom. The van der Waals surface area contributed by atoms with Crippen molar-refractivity contribution in [3.8, 4) is 0 Å². The summed E-state index contributed by atoms with van der Waals surface area (Å²) in [5, 5.41) is 0. The number of hydrogen-bond donors (Lipinski definition) is 0. The fourth-order valence-electron chi connectivity index (χ4n) is 4.06. The van der Waals surface area contributed by atoms with E-state index in [9.17, 15) is 19.2 Å². The van der Waals surface area contributed by atoms with E-state index in [0.717, 1.165) is 24.2 Å². The van der Waals surface area contributed by atoms with E-state index < -0.39 is 12.2 Å². The molecule has 1 saturated carbocycles. The van der Waals surface area contributed by atoms with Gasteiger partial charge in [0.25, 0.3) is 0 Å². The van der Waals surface area contributed by atoms with Gasteiger partial charge in [0.05, 0.1) is 13.1 Å². The lowest BCUT2D eigenvalue weighted by Gasteiger charge is -2.20. The summed E-state index contributed by atoms with van der Waals surface area (Å²) in [5.74, 6) is 0.737. The molecule has 0 aromatic rings. The van der Waals surface area contributed by atoms with Crippen LogP contribution in [-0.2, 0) is 19.1 Å². The minimum Gasteiger partial charge on any atom is -0.447 e. The number of fused-ring (bicyclic) bond motifs is 2. The van der Waals surface area contributed by atoms with E-state index in [2.05, 4.69) is 41.2 Å². The molecule has 30 heavy (non-hydrogen) atoms. The van der Waals surface area contributed by atoms with Crippen molar-refractivity contribution in [3.63, 3.8) is 0 Å². The molecule has 0 radical (unpaired) electrons. The fourth-order valence-corrected chi connectivity index (χ4v) is 4.06. The number of ether oxygens (including phenoxy) is 2. The normalized spacial score (nSPS) is 27.4. The Kier molecular flexibility index (Phi) is 7.43. The average molecular weight is 416 g/mol. The number of rotatable bonds is 2. The molecule has 3 unspecified atom stereocenters. The first-order valence-corrected chi connectivity index (χ1v) is 10.5. The maximum atomic E-state index is 12.0. The Labute approximate surface area is 176 Å². The Balaban J connectivity index is 0.000000147. The van der Waals surface area contributed by atoms with Crippen molar-refractivity contribution >= 4 is 24.0 Å². The van der Waals surface area contributed by atoms with E-state index in [-0.39, 0.29) is 17.7 Å². The smallest absolute Gasteiger partial charge is 0.416 e. The van der Waals surface area contributed by atoms with Crippen LogP contribution in [0.5, 0.6) is 0 Å². The molecule has 0 aromatic heterocycles. The van der Waals surface area contributed by atoms with Crippen molar-refractivity contribution < 1.29 is 28.7 Å². The van der Waals surface area contributed by atoms with Gasteiger partial charge >= 0.3 is 12.2 Å². The molecule has 8 heteroatoms. The number of carbonyl (C=O) groups excluding carboxylic acids is 4. The monoisotopic (exact) mass is 416 g/mol. The second-order valence-electron chi connectivity index (χ2n) is 7.60. The van der Waals surface area contributed by atoms with Gasteiger partial charge in [-0.2, -0.15) is 0 Å². The Bertz CT molecular complexity index is 762. The summed E-state index contributed by atoms with van der Waals surface area (Å²) in [4.78, 5) is 47.2. The molecule has 4 amide bonds. The van der Waals surface area contributed by atoms with E-state index in [4.69, 9.17) is 4.74 Å². The molecule has 2 saturated heterocycles. The summed E-state index contributed by atoms with van der Waals surface area (Å²) in [6.07, 6.45) is 15.2. The van der Waals surface area contributed by atoms with Crippen LogP contribution >= 0.6 is 0 Å². The van der Waals surface area contributed by atoms with E-state index in [1.165, 1.54) is 4.90 Å². The maximum absolute atomic E-state index is 12.0. The molecular formula is C22H28N2O6. The molecular weight excluding hydrogens is 388 g/mol. The number of cyclic esters (lactones) is 2. The summed E-state index contributed by atoms with van der Waals surface area (Å²) in [6.45, 7) is 3.24. The first-order chi connectivity index (χ1) is 14.5. The zero-order chi connectivity index (χ0) is 21.5. The van der Waals surface area contributed by atoms with Gasteiger partial charge in [0.15, 0.2) is 0 Å². The molecule has 0 N–H and O–H groups in total. The van der Waals surface area contributed by atoms with Crippen LogP contribution in [-0.4, -0.2) is 60.1 Å². The van der Waals surface area contributed by atoms with Crippen molar-refractivity contribution in [2.24, 2.45) is 17.8 Å². The predicted molar refractivity (Wildman–Crippen MR) is 108 cm³/mol. The molecule has 3 atom stereocenters. The predicted octanol–water partition coefficient (Wildman–Crippen LogP) is 3.06. The van der Waals surface area contributed by atoms with E-state index in [0.29, 0.717) is 44.6 Å². The van der Waals surface area contributed by atoms with Gasteiger partial charge in [-0.1, -0.05) is 43.4 Å². The fraction of sp³-hybridized carbons (Fsp3) is 0.545. The lowest BCUT2D eigenvalue weighted by molar-refractivity contribution is -0.132. The van der Waals surface area contributed by atoms with Crippen LogP contribution in [0.1, 0.15) is 32.6 Å². The van der Waals surface area contributed by atoms with Gasteiger partial charge in [0, 0.05) is 12.3 Å². The van der Waals surface area contributed by atoms with E-state index >= 15 is 0 Å². The van der Waals surface area contributed by atoms with Crippen molar-refractivity contribution in [1.29, 1.82) is 0 Å². The Morgan fingerprint density at radius 3 is 2.00 bits per heavy atom. The third-order valence-electron chi connectivity index (χ3n) is 5.64. The third kappa shape index (κ3) is 5.17. The highest BCUT2D eigenvalue weighted by Crippen LogP contribution is 2.44. The second kappa shape index (κ2) is 10.2. The van der Waals surface area contributed by atoms with Crippen LogP contribution in [0.25, 0.3) is 0 Å². The highest BCUT2D eigenvalue weighted by molar-refractivity contribution is 5.94. The lowest BCUT2D eigenvalue weighted by atomic mass is 9.92. The first kappa shape index (κ1) is 21.8. The van der Waals surface area contributed by atoms with Crippen LogP contribution in [0, 0.1) is 17.8 Å². The first-order valence-electron chi connectivity index (χ1n) is 10.5. The number of carbonyl (C=O) groups is 4. The number of imide groups is 2. The molecule has 0 spiro atoms. The van der Waals surface area contributed by atoms with Crippen LogP contribution in [0.15, 0.2) is 36.5 Å². The number of hydrogen-bond acceptors (Lipinski definition) is 6. The quantitative estimate of drug-likeness (QED) is 0.643. The van der Waals surface area contributed by atoms with Crippen LogP contribution in [0.3, 0.4) is 0 Å². The summed E-state index contributed by atoms with van der Waals surface area (Å²) >= 11 is 0. The summed E-state index contributed by atoms with van der Waals surface area (Å²) in [6, 6.07) is 0. The molecule has 5 rings (SSSR count). The Hall–Kier alpha value is -2.90. The number of amides is 4. The van der Waals surface area contributed by atoms with Gasteiger partial charge < -0.3 is 9.47 Å². The topological polar surface area (TPSA) is 93.2 Å². The Morgan fingerprint density at radius 1 is 0.967 bits per heavy atom. The summed E-state index contributed by atoms with van der Waals surface area (Å²) < 4.78 is 9.33. The van der Waals surface area contributed by atoms with Gasteiger partial charge in [0.1, 0.15) is 13.2 Å². The minimum absolute atomic E-state index is 0.0191. The van der Waals surface area contributed by atoms with Gasteiger partial charge in [-0.25, -0.2) is 19.4 Å². The standard InChI is InChI=1S/C11H13NO3.C6H9NO3.C5H6/c13-10(12-3-4-15-11(12)14)9-6-7-1-2-8(9)5-7;1-2-5(8)7-3-4-10-6(7)9;1-2-4-5-3-1/h1-2,7-9H,3-6H2;2-4H2,1H3;1-4H,5H2. The maximum Gasteiger partial charge on any atom is 0.416 e. The van der Waals surface area contributed by atoms with Crippen molar-refractivity contribution in [3.05, 3.63) is 36.5 Å². The molecule has 5 aliphatic rings. The summed E-state index contributed by atoms with van der Waals surface area (Å²) in [5.41, 5.74) is 0. The number of nitrogens with zero attached hydrogens (tertiary/aromatic N) is 2. The molecule has 8 nitrogen and oxygen atoms in total. The highest BCUT2D eigenvalue weighted by Gasteiger charge is 2.44.